The largest absolute Gasteiger partial charge is 0.252 e. The van der Waals surface area contributed by atoms with Crippen LogP contribution in [0.1, 0.15) is 40.7 Å². The highest BCUT2D eigenvalue weighted by molar-refractivity contribution is 6.36. The smallest absolute Gasteiger partial charge is 0.232 e. The van der Waals surface area contributed by atoms with Crippen LogP contribution in [0.5, 0.6) is 0 Å². The van der Waals surface area contributed by atoms with Crippen molar-refractivity contribution in [3.63, 3.8) is 0 Å². The molecule has 0 bridgehead atoms. The number of aromatic nitrogens is 3. The number of nitrogens with zero attached hydrogens (tertiary/aromatic N) is 4. The zero-order chi connectivity index (χ0) is 17.4. The molecule has 0 saturated carbocycles. The Morgan fingerprint density at radius 2 is 2.16 bits per heavy atom. The first kappa shape index (κ1) is 15.7. The summed E-state index contributed by atoms with van der Waals surface area (Å²) in [7, 11) is 0. The molecule has 5 heteroatoms. The summed E-state index contributed by atoms with van der Waals surface area (Å²) >= 11 is 6.66. The minimum absolute atomic E-state index is 0.212. The van der Waals surface area contributed by atoms with Crippen LogP contribution in [0.2, 0.25) is 5.02 Å². The Bertz CT molecular complexity index is 1040. The molecule has 2 heterocycles. The Morgan fingerprint density at radius 3 is 2.96 bits per heavy atom. The van der Waals surface area contributed by atoms with E-state index in [9.17, 15) is 0 Å². The maximum Gasteiger partial charge on any atom is 0.232 e. The average Bonchev–Trinajstić information content (AvgIpc) is 2.67. The molecular weight excluding hydrogens is 332 g/mol. The summed E-state index contributed by atoms with van der Waals surface area (Å²) in [5, 5.41) is 10.8. The van der Waals surface area contributed by atoms with Gasteiger partial charge in [0, 0.05) is 28.9 Å². The van der Waals surface area contributed by atoms with Crippen molar-refractivity contribution in [2.45, 2.75) is 25.2 Å². The van der Waals surface area contributed by atoms with E-state index in [-0.39, 0.29) is 11.7 Å². The summed E-state index contributed by atoms with van der Waals surface area (Å²) in [5.41, 5.74) is 4.97. The first-order valence-corrected chi connectivity index (χ1v) is 8.54. The fourth-order valence-electron chi connectivity index (χ4n) is 3.44. The van der Waals surface area contributed by atoms with Crippen molar-refractivity contribution in [2.75, 3.05) is 0 Å². The zero-order valence-electron chi connectivity index (χ0n) is 13.5. The predicted molar refractivity (Wildman–Crippen MR) is 98.4 cm³/mol. The van der Waals surface area contributed by atoms with Gasteiger partial charge in [0.1, 0.15) is 6.07 Å². The third-order valence-corrected chi connectivity index (χ3v) is 5.17. The van der Waals surface area contributed by atoms with Crippen molar-refractivity contribution < 1.29 is 0 Å². The Labute approximate surface area is 150 Å². The molecule has 122 valence electrons. The lowest BCUT2D eigenvalue weighted by atomic mass is 9.84. The van der Waals surface area contributed by atoms with Crippen LogP contribution in [0.15, 0.2) is 37.0 Å². The average molecular weight is 347 g/mol. The Morgan fingerprint density at radius 1 is 1.28 bits per heavy atom. The van der Waals surface area contributed by atoms with Crippen LogP contribution in [0, 0.1) is 11.3 Å². The van der Waals surface area contributed by atoms with Crippen LogP contribution in [0.4, 0.5) is 0 Å². The molecule has 2 aromatic heterocycles. The Kier molecular flexibility index (Phi) is 3.95. The van der Waals surface area contributed by atoms with Crippen LogP contribution in [0.25, 0.3) is 17.0 Å². The Hall–Kier alpha value is -2.77. The van der Waals surface area contributed by atoms with Gasteiger partial charge in [0.15, 0.2) is 0 Å². The predicted octanol–water partition coefficient (Wildman–Crippen LogP) is 4.47. The van der Waals surface area contributed by atoms with E-state index in [1.807, 2.05) is 36.4 Å². The van der Waals surface area contributed by atoms with Gasteiger partial charge in [-0.1, -0.05) is 36.4 Å². The molecule has 1 atom stereocenters. The highest BCUT2D eigenvalue weighted by atomic mass is 35.5. The summed E-state index contributed by atoms with van der Waals surface area (Å²) in [4.78, 5) is 13.2. The normalized spacial score (nSPS) is 16.2. The fraction of sp³-hybridized carbons (Fsp3) is 0.200. The maximum absolute atomic E-state index is 9.01. The van der Waals surface area contributed by atoms with E-state index in [0.717, 1.165) is 57.7 Å². The van der Waals surface area contributed by atoms with Crippen molar-refractivity contribution >= 4 is 28.6 Å². The summed E-state index contributed by atoms with van der Waals surface area (Å²) in [5.74, 6) is 0.439. The molecule has 0 radical (unpaired) electrons. The molecule has 1 aliphatic carbocycles. The van der Waals surface area contributed by atoms with E-state index in [4.69, 9.17) is 21.8 Å². The van der Waals surface area contributed by atoms with Gasteiger partial charge in [-0.15, -0.1) is 0 Å². The van der Waals surface area contributed by atoms with E-state index in [2.05, 4.69) is 16.5 Å². The van der Waals surface area contributed by atoms with Crippen LogP contribution in [0.3, 0.4) is 0 Å². The topological polar surface area (TPSA) is 62.5 Å². The molecule has 1 unspecified atom stereocenters. The molecule has 0 aliphatic heterocycles. The molecule has 0 saturated heterocycles. The highest BCUT2D eigenvalue weighted by Gasteiger charge is 2.25. The van der Waals surface area contributed by atoms with Gasteiger partial charge in [0.25, 0.3) is 0 Å². The molecule has 0 N–H and O–H groups in total. The van der Waals surface area contributed by atoms with E-state index >= 15 is 0 Å². The summed E-state index contributed by atoms with van der Waals surface area (Å²) in [6.45, 7) is 3.81. The molecule has 0 amide bonds. The molecule has 0 fully saturated rings. The van der Waals surface area contributed by atoms with Crippen LogP contribution < -0.4 is 0 Å². The Balaban J connectivity index is 1.77. The molecule has 3 aromatic rings. The molecule has 1 aliphatic rings. The molecule has 4 nitrogen and oxygen atoms in total. The van der Waals surface area contributed by atoms with E-state index < -0.39 is 0 Å². The van der Waals surface area contributed by atoms with Crippen LogP contribution in [-0.2, 0) is 12.8 Å². The van der Waals surface area contributed by atoms with Gasteiger partial charge in [-0.2, -0.15) is 5.26 Å². The lowest BCUT2D eigenvalue weighted by Crippen LogP contribution is -2.16. The molecule has 0 spiro atoms. The minimum Gasteiger partial charge on any atom is -0.252 e. The SMILES string of the molecule is C=Cc1ccc2c(Cl)c3c(nc2c1)CC(c1ccnc(C#N)n1)CC3. The monoisotopic (exact) mass is 346 g/mol. The van der Waals surface area contributed by atoms with Crippen molar-refractivity contribution in [2.24, 2.45) is 0 Å². The molecule has 4 rings (SSSR count). The number of nitriles is 1. The van der Waals surface area contributed by atoms with Crippen molar-refractivity contribution in [3.8, 4) is 6.07 Å². The standard InChI is InChI=1S/C20H15ClN4/c1-2-12-3-5-14-17(9-12)24-18-10-13(4-6-15(18)20(14)21)16-7-8-23-19(11-22)25-16/h2-3,5,7-9,13H,1,4,6,10H2. The number of pyridine rings is 1. The lowest BCUT2D eigenvalue weighted by Gasteiger charge is -2.25. The van der Waals surface area contributed by atoms with Gasteiger partial charge >= 0.3 is 0 Å². The second kappa shape index (κ2) is 6.27. The number of rotatable bonds is 2. The number of halogens is 1. The van der Waals surface area contributed by atoms with Crippen molar-refractivity contribution in [3.05, 3.63) is 70.4 Å². The van der Waals surface area contributed by atoms with E-state index in [1.165, 1.54) is 0 Å². The second-order valence-electron chi connectivity index (χ2n) is 6.19. The van der Waals surface area contributed by atoms with E-state index in [0.29, 0.717) is 0 Å². The van der Waals surface area contributed by atoms with Gasteiger partial charge in [0.2, 0.25) is 5.82 Å². The van der Waals surface area contributed by atoms with E-state index in [1.54, 1.807) is 6.20 Å². The first-order chi connectivity index (χ1) is 12.2. The first-order valence-electron chi connectivity index (χ1n) is 8.16. The van der Waals surface area contributed by atoms with Crippen molar-refractivity contribution in [1.29, 1.82) is 5.26 Å². The maximum atomic E-state index is 9.01. The quantitative estimate of drug-likeness (QED) is 0.687. The number of fused-ring (bicyclic) bond motifs is 2. The molecule has 25 heavy (non-hydrogen) atoms. The second-order valence-corrected chi connectivity index (χ2v) is 6.57. The van der Waals surface area contributed by atoms with Gasteiger partial charge in [-0.3, -0.25) is 4.98 Å². The fourth-order valence-corrected chi connectivity index (χ4v) is 3.80. The summed E-state index contributed by atoms with van der Waals surface area (Å²) in [6, 6.07) is 9.91. The summed E-state index contributed by atoms with van der Waals surface area (Å²) in [6.07, 6.45) is 6.02. The molecule has 1 aromatic carbocycles. The number of hydrogen-bond acceptors (Lipinski definition) is 4. The lowest BCUT2D eigenvalue weighted by molar-refractivity contribution is 0.560. The molecular formula is C20H15ClN4. The van der Waals surface area contributed by atoms with Gasteiger partial charge in [0.05, 0.1) is 10.5 Å². The van der Waals surface area contributed by atoms with Gasteiger partial charge < -0.3 is 0 Å². The van der Waals surface area contributed by atoms with Crippen LogP contribution >= 0.6 is 11.6 Å². The number of hydrogen-bond donors (Lipinski definition) is 0. The van der Waals surface area contributed by atoms with Crippen LogP contribution in [-0.4, -0.2) is 15.0 Å². The highest BCUT2D eigenvalue weighted by Crippen LogP contribution is 2.37. The van der Waals surface area contributed by atoms with Gasteiger partial charge in [-0.25, -0.2) is 9.97 Å². The van der Waals surface area contributed by atoms with Gasteiger partial charge in [-0.05, 0) is 42.5 Å². The van der Waals surface area contributed by atoms with Crippen molar-refractivity contribution in [1.82, 2.24) is 15.0 Å². The summed E-state index contributed by atoms with van der Waals surface area (Å²) < 4.78 is 0. The number of benzene rings is 1. The zero-order valence-corrected chi connectivity index (χ0v) is 14.3. The third kappa shape index (κ3) is 2.77. The minimum atomic E-state index is 0.212. The third-order valence-electron chi connectivity index (χ3n) is 4.74.